The molecule has 1 saturated heterocycles. The van der Waals surface area contributed by atoms with Crippen molar-refractivity contribution in [3.05, 3.63) is 11.8 Å². The second-order valence-electron chi connectivity index (χ2n) is 5.60. The van der Waals surface area contributed by atoms with Gasteiger partial charge in [0.1, 0.15) is 5.82 Å². The lowest BCUT2D eigenvalue weighted by atomic mass is 9.78. The maximum atomic E-state index is 4.59. The van der Waals surface area contributed by atoms with Gasteiger partial charge in [-0.25, -0.2) is 4.98 Å². The molecule has 2 heterocycles. The van der Waals surface area contributed by atoms with Crippen LogP contribution in [0.1, 0.15) is 38.7 Å². The van der Waals surface area contributed by atoms with E-state index >= 15 is 0 Å². The van der Waals surface area contributed by atoms with Crippen molar-refractivity contribution in [2.75, 3.05) is 30.4 Å². The minimum Gasteiger partial charge on any atom is -0.357 e. The van der Waals surface area contributed by atoms with Crippen LogP contribution in [0.2, 0.25) is 0 Å². The van der Waals surface area contributed by atoms with E-state index in [0.717, 1.165) is 24.5 Å². The van der Waals surface area contributed by atoms with Crippen molar-refractivity contribution in [2.24, 2.45) is 5.41 Å². The third kappa shape index (κ3) is 2.57. The van der Waals surface area contributed by atoms with Crippen molar-refractivity contribution in [1.29, 1.82) is 0 Å². The van der Waals surface area contributed by atoms with Crippen LogP contribution in [-0.4, -0.2) is 30.1 Å². The fraction of sp³-hybridized carbons (Fsp3) is 0.714. The third-order valence-electron chi connectivity index (χ3n) is 4.29. The monoisotopic (exact) mass is 248 g/mol. The van der Waals surface area contributed by atoms with Gasteiger partial charge in [0.05, 0.1) is 0 Å². The zero-order valence-corrected chi connectivity index (χ0v) is 12.0. The molecule has 1 N–H and O–H groups in total. The van der Waals surface area contributed by atoms with Crippen molar-refractivity contribution in [3.63, 3.8) is 0 Å². The number of aromatic nitrogens is 2. The summed E-state index contributed by atoms with van der Waals surface area (Å²) in [7, 11) is 1.86. The zero-order valence-electron chi connectivity index (χ0n) is 12.0. The molecule has 1 aliphatic rings. The third-order valence-corrected chi connectivity index (χ3v) is 4.29. The highest BCUT2D eigenvalue weighted by Gasteiger charge is 2.29. The predicted octanol–water partition coefficient (Wildman–Crippen LogP) is 2.84. The number of rotatable bonds is 3. The smallest absolute Gasteiger partial charge is 0.224 e. The topological polar surface area (TPSA) is 41.1 Å². The van der Waals surface area contributed by atoms with Crippen molar-refractivity contribution in [3.8, 4) is 0 Å². The minimum atomic E-state index is 0.517. The molecule has 1 aromatic heterocycles. The minimum absolute atomic E-state index is 0.517. The Morgan fingerprint density at radius 2 is 2.06 bits per heavy atom. The Morgan fingerprint density at radius 1 is 1.39 bits per heavy atom. The highest BCUT2D eigenvalue weighted by Crippen LogP contribution is 2.35. The number of anilines is 2. The first-order chi connectivity index (χ1) is 8.58. The molecule has 0 aliphatic carbocycles. The number of aryl methyl sites for hydroxylation is 1. The molecule has 0 atom stereocenters. The van der Waals surface area contributed by atoms with Crippen LogP contribution in [0.4, 0.5) is 11.8 Å². The molecule has 1 fully saturated rings. The van der Waals surface area contributed by atoms with E-state index in [1.54, 1.807) is 0 Å². The normalized spacial score (nSPS) is 18.8. The van der Waals surface area contributed by atoms with Gasteiger partial charge in [-0.05, 0) is 25.2 Å². The molecule has 4 heteroatoms. The summed E-state index contributed by atoms with van der Waals surface area (Å²) in [5, 5.41) is 3.01. The molecular weight excluding hydrogens is 224 g/mol. The van der Waals surface area contributed by atoms with Crippen LogP contribution >= 0.6 is 0 Å². The largest absolute Gasteiger partial charge is 0.357 e. The Bertz CT molecular complexity index is 408. The average molecular weight is 248 g/mol. The van der Waals surface area contributed by atoms with Gasteiger partial charge in [0.15, 0.2) is 0 Å². The van der Waals surface area contributed by atoms with Gasteiger partial charge >= 0.3 is 0 Å². The first-order valence-electron chi connectivity index (χ1n) is 6.84. The molecule has 18 heavy (non-hydrogen) atoms. The molecule has 4 nitrogen and oxygen atoms in total. The standard InChI is InChI=1S/C14H24N4/c1-5-14(3)6-8-18(9-7-14)12-11(2)10-16-13(15-4)17-12/h10H,5-9H2,1-4H3,(H,15,16,17). The Labute approximate surface area is 110 Å². The fourth-order valence-corrected chi connectivity index (χ4v) is 2.49. The Hall–Kier alpha value is -1.32. The molecule has 1 aromatic rings. The summed E-state index contributed by atoms with van der Waals surface area (Å²) in [6.07, 6.45) is 5.68. The van der Waals surface area contributed by atoms with E-state index in [0.29, 0.717) is 11.4 Å². The molecule has 0 radical (unpaired) electrons. The summed E-state index contributed by atoms with van der Waals surface area (Å²) in [4.78, 5) is 11.2. The summed E-state index contributed by atoms with van der Waals surface area (Å²) in [5.41, 5.74) is 1.68. The molecule has 0 amide bonds. The van der Waals surface area contributed by atoms with Crippen LogP contribution in [0.5, 0.6) is 0 Å². The summed E-state index contributed by atoms with van der Waals surface area (Å²) in [6.45, 7) is 8.99. The summed E-state index contributed by atoms with van der Waals surface area (Å²) >= 11 is 0. The fourth-order valence-electron chi connectivity index (χ4n) is 2.49. The van der Waals surface area contributed by atoms with Gasteiger partial charge in [-0.15, -0.1) is 0 Å². The van der Waals surface area contributed by atoms with Gasteiger partial charge < -0.3 is 10.2 Å². The summed E-state index contributed by atoms with van der Waals surface area (Å²) < 4.78 is 0. The van der Waals surface area contributed by atoms with E-state index in [9.17, 15) is 0 Å². The van der Waals surface area contributed by atoms with Gasteiger partial charge in [0.2, 0.25) is 5.95 Å². The molecular formula is C14H24N4. The Kier molecular flexibility index (Phi) is 3.73. The van der Waals surface area contributed by atoms with Crippen LogP contribution in [0.25, 0.3) is 0 Å². The van der Waals surface area contributed by atoms with E-state index in [2.05, 4.69) is 41.0 Å². The van der Waals surface area contributed by atoms with Crippen LogP contribution in [0.15, 0.2) is 6.20 Å². The summed E-state index contributed by atoms with van der Waals surface area (Å²) in [5.74, 6) is 1.80. The molecule has 0 spiro atoms. The van der Waals surface area contributed by atoms with Crippen molar-refractivity contribution in [1.82, 2.24) is 9.97 Å². The SMILES string of the molecule is CCC1(C)CCN(c2nc(NC)ncc2C)CC1. The van der Waals surface area contributed by atoms with Gasteiger partial charge in [-0.1, -0.05) is 20.3 Å². The quantitative estimate of drug-likeness (QED) is 0.893. The molecule has 2 rings (SSSR count). The molecule has 0 saturated carbocycles. The van der Waals surface area contributed by atoms with Crippen LogP contribution in [0.3, 0.4) is 0 Å². The highest BCUT2D eigenvalue weighted by atomic mass is 15.2. The first kappa shape index (κ1) is 13.1. The number of nitrogens with one attached hydrogen (secondary N) is 1. The van der Waals surface area contributed by atoms with E-state index in [1.165, 1.54) is 19.3 Å². The number of nitrogens with zero attached hydrogens (tertiary/aromatic N) is 3. The number of piperidine rings is 1. The Morgan fingerprint density at radius 3 is 2.61 bits per heavy atom. The lowest BCUT2D eigenvalue weighted by molar-refractivity contribution is 0.237. The number of hydrogen-bond donors (Lipinski definition) is 1. The van der Waals surface area contributed by atoms with Crippen LogP contribution in [0, 0.1) is 12.3 Å². The maximum absolute atomic E-state index is 4.59. The van der Waals surface area contributed by atoms with E-state index in [1.807, 2.05) is 13.2 Å². The van der Waals surface area contributed by atoms with E-state index in [4.69, 9.17) is 0 Å². The van der Waals surface area contributed by atoms with Crippen molar-refractivity contribution >= 4 is 11.8 Å². The lowest BCUT2D eigenvalue weighted by Gasteiger charge is -2.39. The van der Waals surface area contributed by atoms with Crippen LogP contribution < -0.4 is 10.2 Å². The maximum Gasteiger partial charge on any atom is 0.224 e. The molecule has 0 aromatic carbocycles. The Balaban J connectivity index is 2.14. The number of hydrogen-bond acceptors (Lipinski definition) is 4. The molecule has 0 unspecified atom stereocenters. The second kappa shape index (κ2) is 5.12. The van der Waals surface area contributed by atoms with Crippen molar-refractivity contribution in [2.45, 2.75) is 40.0 Å². The molecule has 0 bridgehead atoms. The molecule has 1 aliphatic heterocycles. The van der Waals surface area contributed by atoms with E-state index < -0.39 is 0 Å². The molecule has 100 valence electrons. The van der Waals surface area contributed by atoms with Gasteiger partial charge in [0, 0.05) is 31.9 Å². The van der Waals surface area contributed by atoms with Crippen molar-refractivity contribution < 1.29 is 0 Å². The van der Waals surface area contributed by atoms with Gasteiger partial charge in [-0.2, -0.15) is 4.98 Å². The second-order valence-corrected chi connectivity index (χ2v) is 5.60. The van der Waals surface area contributed by atoms with E-state index in [-0.39, 0.29) is 0 Å². The lowest BCUT2D eigenvalue weighted by Crippen LogP contribution is -2.39. The highest BCUT2D eigenvalue weighted by molar-refractivity contribution is 5.49. The summed E-state index contributed by atoms with van der Waals surface area (Å²) in [6, 6.07) is 0. The first-order valence-corrected chi connectivity index (χ1v) is 6.84. The van der Waals surface area contributed by atoms with Crippen LogP contribution in [-0.2, 0) is 0 Å². The zero-order chi connectivity index (χ0) is 13.2. The van der Waals surface area contributed by atoms with Gasteiger partial charge in [-0.3, -0.25) is 0 Å². The predicted molar refractivity (Wildman–Crippen MR) is 76.2 cm³/mol. The van der Waals surface area contributed by atoms with Gasteiger partial charge in [0.25, 0.3) is 0 Å². The average Bonchev–Trinajstić information content (AvgIpc) is 2.41.